The maximum Gasteiger partial charge on any atom is 0.270 e. The fraction of sp³-hybridized carbons (Fsp3) is 0.300. The fourth-order valence-corrected chi connectivity index (χ4v) is 3.11. The zero-order valence-electron chi connectivity index (χ0n) is 9.83. The van der Waals surface area contributed by atoms with Gasteiger partial charge in [-0.05, 0) is 28.4 Å². The van der Waals surface area contributed by atoms with E-state index in [1.54, 1.807) is 13.0 Å². The number of non-ortho nitro benzene ring substituents is 1. The molecule has 0 aliphatic heterocycles. The van der Waals surface area contributed by atoms with Gasteiger partial charge in [-0.15, -0.1) is 0 Å². The largest absolute Gasteiger partial charge is 0.281 e. The summed E-state index contributed by atoms with van der Waals surface area (Å²) in [6, 6.07) is 5.32. The Hall–Kier alpha value is -1.66. The molecule has 1 aromatic rings. The van der Waals surface area contributed by atoms with Crippen molar-refractivity contribution in [3.63, 3.8) is 0 Å². The number of nitrogens with zero attached hydrogens (tertiary/aromatic N) is 2. The molecule has 9 heteroatoms. The number of hydrogen-bond donors (Lipinski definition) is 1. The smallest absolute Gasteiger partial charge is 0.270 e. The zero-order chi connectivity index (χ0) is 14.6. The molecule has 0 heterocycles. The van der Waals surface area contributed by atoms with Gasteiger partial charge < -0.3 is 0 Å². The molecule has 0 radical (unpaired) electrons. The van der Waals surface area contributed by atoms with Crippen LogP contribution in [0.4, 0.5) is 11.4 Å². The topological polar surface area (TPSA) is 113 Å². The van der Waals surface area contributed by atoms with Crippen molar-refractivity contribution in [1.82, 2.24) is 0 Å². The van der Waals surface area contributed by atoms with E-state index in [1.165, 1.54) is 18.2 Å². The second kappa shape index (κ2) is 5.99. The van der Waals surface area contributed by atoms with Crippen LogP contribution in [-0.2, 0) is 10.0 Å². The molecule has 0 aromatic heterocycles. The molecule has 19 heavy (non-hydrogen) atoms. The average Bonchev–Trinajstić information content (AvgIpc) is 2.32. The summed E-state index contributed by atoms with van der Waals surface area (Å²) in [6.45, 7) is 1.58. The third-order valence-electron chi connectivity index (χ3n) is 2.31. The molecular formula is C10H10BrN3O4S. The number of nitro groups is 1. The number of rotatable bonds is 5. The van der Waals surface area contributed by atoms with E-state index in [0.29, 0.717) is 0 Å². The lowest BCUT2D eigenvalue weighted by molar-refractivity contribution is -0.384. The Labute approximate surface area is 118 Å². The molecule has 7 nitrogen and oxygen atoms in total. The van der Waals surface area contributed by atoms with E-state index in [9.17, 15) is 18.5 Å². The van der Waals surface area contributed by atoms with Gasteiger partial charge in [-0.25, -0.2) is 8.42 Å². The normalized spacial score (nSPS) is 12.5. The number of anilines is 1. The highest BCUT2D eigenvalue weighted by Gasteiger charge is 2.24. The number of hydrogen-bond acceptors (Lipinski definition) is 5. The Balaban J connectivity index is 3.08. The molecular weight excluding hydrogens is 338 g/mol. The molecule has 1 rings (SSSR count). The number of nitriles is 1. The molecule has 0 bridgehead atoms. The van der Waals surface area contributed by atoms with Crippen LogP contribution in [0.15, 0.2) is 22.7 Å². The van der Waals surface area contributed by atoms with Crippen LogP contribution in [-0.4, -0.2) is 18.6 Å². The molecule has 0 spiro atoms. The lowest BCUT2D eigenvalue weighted by Crippen LogP contribution is -2.26. The van der Waals surface area contributed by atoms with Crippen molar-refractivity contribution in [3.8, 4) is 6.07 Å². The summed E-state index contributed by atoms with van der Waals surface area (Å²) in [4.78, 5) is 9.96. The molecule has 1 aromatic carbocycles. The highest BCUT2D eigenvalue weighted by atomic mass is 79.9. The van der Waals surface area contributed by atoms with Gasteiger partial charge in [0.15, 0.2) is 5.25 Å². The maximum atomic E-state index is 11.8. The summed E-state index contributed by atoms with van der Waals surface area (Å²) in [7, 11) is -3.84. The van der Waals surface area contributed by atoms with E-state index in [2.05, 4.69) is 20.7 Å². The number of halogens is 1. The van der Waals surface area contributed by atoms with Gasteiger partial charge in [0.2, 0.25) is 10.0 Å². The van der Waals surface area contributed by atoms with Gasteiger partial charge in [-0.3, -0.25) is 14.8 Å². The van der Waals surface area contributed by atoms with Gasteiger partial charge in [-0.2, -0.15) is 5.26 Å². The van der Waals surface area contributed by atoms with Crippen molar-refractivity contribution in [2.24, 2.45) is 0 Å². The Kier molecular flexibility index (Phi) is 4.85. The van der Waals surface area contributed by atoms with Gasteiger partial charge in [0.05, 0.1) is 16.7 Å². The van der Waals surface area contributed by atoms with Crippen LogP contribution in [0.25, 0.3) is 0 Å². The van der Waals surface area contributed by atoms with E-state index in [1.807, 2.05) is 0 Å². The second-order valence-corrected chi connectivity index (χ2v) is 6.31. The van der Waals surface area contributed by atoms with Crippen molar-refractivity contribution in [1.29, 1.82) is 5.26 Å². The van der Waals surface area contributed by atoms with Crippen LogP contribution >= 0.6 is 15.9 Å². The standard InChI is InChI=1S/C10H10BrN3O4S/c1-2-8(6-12)19(17,18)13-10-4-3-7(14(15)16)5-9(10)11/h3-5,8,13H,2H2,1H3. The minimum atomic E-state index is -3.84. The molecule has 0 amide bonds. The zero-order valence-corrected chi connectivity index (χ0v) is 12.2. The summed E-state index contributed by atoms with van der Waals surface area (Å²) in [6.07, 6.45) is 0.149. The van der Waals surface area contributed by atoms with E-state index < -0.39 is 20.2 Å². The van der Waals surface area contributed by atoms with E-state index >= 15 is 0 Å². The highest BCUT2D eigenvalue weighted by molar-refractivity contribution is 9.10. The third kappa shape index (κ3) is 3.65. The number of nitro benzene ring substituents is 1. The first-order valence-corrected chi connectivity index (χ1v) is 7.51. The summed E-state index contributed by atoms with van der Waals surface area (Å²) in [5.74, 6) is 0. The van der Waals surface area contributed by atoms with E-state index in [0.717, 1.165) is 0 Å². The summed E-state index contributed by atoms with van der Waals surface area (Å²) >= 11 is 3.05. The summed E-state index contributed by atoms with van der Waals surface area (Å²) in [5, 5.41) is 18.1. The Morgan fingerprint density at radius 3 is 2.63 bits per heavy atom. The number of sulfonamides is 1. The summed E-state index contributed by atoms with van der Waals surface area (Å²) in [5.41, 5.74) is -0.0125. The predicted octanol–water partition coefficient (Wildman–Crippen LogP) is 2.40. The molecule has 1 atom stereocenters. The predicted molar refractivity (Wildman–Crippen MR) is 73.0 cm³/mol. The molecule has 1 N–H and O–H groups in total. The van der Waals surface area contributed by atoms with E-state index in [-0.39, 0.29) is 22.3 Å². The lowest BCUT2D eigenvalue weighted by Gasteiger charge is -2.12. The molecule has 0 fully saturated rings. The highest BCUT2D eigenvalue weighted by Crippen LogP contribution is 2.28. The van der Waals surface area contributed by atoms with Crippen molar-refractivity contribution in [3.05, 3.63) is 32.8 Å². The SMILES string of the molecule is CCC(C#N)S(=O)(=O)Nc1ccc([N+](=O)[O-])cc1Br. The van der Waals surface area contributed by atoms with Crippen LogP contribution < -0.4 is 4.72 Å². The number of benzene rings is 1. The maximum absolute atomic E-state index is 11.8. The number of nitrogens with one attached hydrogen (secondary N) is 1. The molecule has 1 unspecified atom stereocenters. The van der Waals surface area contributed by atoms with Gasteiger partial charge in [0, 0.05) is 16.6 Å². The van der Waals surface area contributed by atoms with Crippen LogP contribution in [0.2, 0.25) is 0 Å². The van der Waals surface area contributed by atoms with Gasteiger partial charge in [-0.1, -0.05) is 6.92 Å². The minimum Gasteiger partial charge on any atom is -0.281 e. The first-order chi connectivity index (χ1) is 8.81. The molecule has 102 valence electrons. The van der Waals surface area contributed by atoms with Crippen molar-refractivity contribution >= 4 is 37.3 Å². The minimum absolute atomic E-state index is 0.149. The Bertz CT molecular complexity index is 639. The van der Waals surface area contributed by atoms with Gasteiger partial charge in [0.25, 0.3) is 5.69 Å². The fourth-order valence-electron chi connectivity index (χ4n) is 1.30. The van der Waals surface area contributed by atoms with Crippen molar-refractivity contribution < 1.29 is 13.3 Å². The monoisotopic (exact) mass is 347 g/mol. The van der Waals surface area contributed by atoms with E-state index in [4.69, 9.17) is 5.26 Å². The third-order valence-corrected chi connectivity index (χ3v) is 4.65. The van der Waals surface area contributed by atoms with Crippen LogP contribution in [0, 0.1) is 21.4 Å². The van der Waals surface area contributed by atoms with Gasteiger partial charge in [0.1, 0.15) is 0 Å². The Morgan fingerprint density at radius 2 is 2.21 bits per heavy atom. The van der Waals surface area contributed by atoms with Gasteiger partial charge >= 0.3 is 0 Å². The average molecular weight is 348 g/mol. The van der Waals surface area contributed by atoms with Crippen LogP contribution in [0.5, 0.6) is 0 Å². The molecule has 0 aliphatic carbocycles. The molecule has 0 aliphatic rings. The Morgan fingerprint density at radius 1 is 1.58 bits per heavy atom. The summed E-state index contributed by atoms with van der Waals surface area (Å²) < 4.78 is 26.2. The van der Waals surface area contributed by atoms with Crippen molar-refractivity contribution in [2.45, 2.75) is 18.6 Å². The molecule has 0 saturated heterocycles. The van der Waals surface area contributed by atoms with Crippen LogP contribution in [0.3, 0.4) is 0 Å². The first-order valence-electron chi connectivity index (χ1n) is 5.17. The second-order valence-electron chi connectivity index (χ2n) is 3.59. The van der Waals surface area contributed by atoms with Crippen LogP contribution in [0.1, 0.15) is 13.3 Å². The lowest BCUT2D eigenvalue weighted by atomic mass is 10.3. The van der Waals surface area contributed by atoms with Crippen molar-refractivity contribution in [2.75, 3.05) is 4.72 Å². The quantitative estimate of drug-likeness (QED) is 0.648. The molecule has 0 saturated carbocycles. The first kappa shape index (κ1) is 15.4.